The Bertz CT molecular complexity index is 944. The van der Waals surface area contributed by atoms with Gasteiger partial charge in [-0.3, -0.25) is 14.3 Å². The molecule has 1 aliphatic rings. The summed E-state index contributed by atoms with van der Waals surface area (Å²) in [5.74, 6) is -1.27. The molecule has 0 amide bonds. The van der Waals surface area contributed by atoms with E-state index in [1.165, 1.54) is 0 Å². The van der Waals surface area contributed by atoms with Crippen molar-refractivity contribution in [3.63, 3.8) is 0 Å². The maximum absolute atomic E-state index is 13.4. The summed E-state index contributed by atoms with van der Waals surface area (Å²) in [5.41, 5.74) is -1.52. The van der Waals surface area contributed by atoms with E-state index in [1.54, 1.807) is 29.2 Å². The van der Waals surface area contributed by atoms with Gasteiger partial charge in [0.25, 0.3) is 5.56 Å². The van der Waals surface area contributed by atoms with Crippen LogP contribution >= 0.6 is 0 Å². The van der Waals surface area contributed by atoms with Gasteiger partial charge in [0, 0.05) is 0 Å². The van der Waals surface area contributed by atoms with E-state index in [2.05, 4.69) is 0 Å². The third-order valence-electron chi connectivity index (χ3n) is 4.10. The largest absolute Gasteiger partial charge is 0.508 e. The minimum Gasteiger partial charge on any atom is -0.431 e. The first-order valence-electron chi connectivity index (χ1n) is 8.23. The van der Waals surface area contributed by atoms with Crippen LogP contribution in [0, 0.1) is 5.82 Å². The SMILES string of the molecule is O=C(OCc1ccccc1)OC[C@H]1O[C@@H](n2cc(F)c(=O)[nH]c2=O)[C@H](O)[C@@H]1O. The van der Waals surface area contributed by atoms with Gasteiger partial charge in [-0.05, 0) is 5.56 Å². The number of aliphatic hydroxyl groups is 2. The van der Waals surface area contributed by atoms with Gasteiger partial charge >= 0.3 is 11.8 Å². The summed E-state index contributed by atoms with van der Waals surface area (Å²) in [6, 6.07) is 8.85. The molecule has 2 heterocycles. The van der Waals surface area contributed by atoms with Crippen LogP contribution in [0.3, 0.4) is 0 Å². The molecule has 0 radical (unpaired) electrons. The highest BCUT2D eigenvalue weighted by molar-refractivity contribution is 5.59. The maximum atomic E-state index is 13.4. The van der Waals surface area contributed by atoms with Crippen LogP contribution in [-0.2, 0) is 20.8 Å². The van der Waals surface area contributed by atoms with Crippen molar-refractivity contribution < 1.29 is 33.6 Å². The van der Waals surface area contributed by atoms with Crippen molar-refractivity contribution >= 4 is 6.16 Å². The highest BCUT2D eigenvalue weighted by Gasteiger charge is 2.45. The summed E-state index contributed by atoms with van der Waals surface area (Å²) in [7, 11) is 0. The van der Waals surface area contributed by atoms with Crippen LogP contribution < -0.4 is 11.2 Å². The van der Waals surface area contributed by atoms with Crippen molar-refractivity contribution in [3.8, 4) is 0 Å². The number of rotatable bonds is 5. The van der Waals surface area contributed by atoms with Crippen molar-refractivity contribution in [1.82, 2.24) is 9.55 Å². The van der Waals surface area contributed by atoms with E-state index in [9.17, 15) is 29.0 Å². The highest BCUT2D eigenvalue weighted by atomic mass is 19.1. The average Bonchev–Trinajstić information content (AvgIpc) is 2.96. The van der Waals surface area contributed by atoms with Crippen LogP contribution in [0.15, 0.2) is 46.1 Å². The van der Waals surface area contributed by atoms with Gasteiger partial charge < -0.3 is 24.4 Å². The van der Waals surface area contributed by atoms with E-state index in [4.69, 9.17) is 14.2 Å². The molecular weight excluding hydrogens is 379 g/mol. The van der Waals surface area contributed by atoms with Gasteiger partial charge in [-0.15, -0.1) is 0 Å². The van der Waals surface area contributed by atoms with E-state index in [1.807, 2.05) is 6.07 Å². The summed E-state index contributed by atoms with van der Waals surface area (Å²) in [6.45, 7) is -0.506. The first kappa shape index (κ1) is 19.7. The Hall–Kier alpha value is -3.02. The third kappa shape index (κ3) is 4.27. The van der Waals surface area contributed by atoms with E-state index >= 15 is 0 Å². The Labute approximate surface area is 156 Å². The summed E-state index contributed by atoms with van der Waals surface area (Å²) in [6.07, 6.45) is -6.32. The zero-order valence-corrected chi connectivity index (χ0v) is 14.4. The molecule has 4 atom stereocenters. The first-order chi connectivity index (χ1) is 13.4. The number of aromatic amines is 1. The van der Waals surface area contributed by atoms with Crippen LogP contribution in [0.25, 0.3) is 0 Å². The van der Waals surface area contributed by atoms with Gasteiger partial charge in [-0.1, -0.05) is 30.3 Å². The van der Waals surface area contributed by atoms with Gasteiger partial charge in [0.2, 0.25) is 5.82 Å². The van der Waals surface area contributed by atoms with E-state index in [0.717, 1.165) is 5.56 Å². The molecule has 2 aromatic rings. The molecule has 0 aliphatic carbocycles. The van der Waals surface area contributed by atoms with Crippen LogP contribution in [0.5, 0.6) is 0 Å². The zero-order chi connectivity index (χ0) is 20.3. The molecule has 10 nitrogen and oxygen atoms in total. The fourth-order valence-electron chi connectivity index (χ4n) is 2.65. The molecule has 0 spiro atoms. The Morgan fingerprint density at radius 3 is 2.61 bits per heavy atom. The number of nitrogens with one attached hydrogen (secondary N) is 1. The lowest BCUT2D eigenvalue weighted by Crippen LogP contribution is -2.38. The van der Waals surface area contributed by atoms with E-state index in [0.29, 0.717) is 10.8 Å². The average molecular weight is 396 g/mol. The number of carbonyl (C=O) groups excluding carboxylic acids is 1. The van der Waals surface area contributed by atoms with Gasteiger partial charge in [0.15, 0.2) is 6.23 Å². The van der Waals surface area contributed by atoms with E-state index < -0.39 is 54.4 Å². The van der Waals surface area contributed by atoms with Crippen molar-refractivity contribution in [2.45, 2.75) is 31.1 Å². The monoisotopic (exact) mass is 396 g/mol. The number of carbonyl (C=O) groups is 1. The number of aliphatic hydroxyl groups excluding tert-OH is 2. The van der Waals surface area contributed by atoms with E-state index in [-0.39, 0.29) is 6.61 Å². The number of benzene rings is 1. The topological polar surface area (TPSA) is 140 Å². The molecular formula is C17H17FN2O8. The molecule has 150 valence electrons. The summed E-state index contributed by atoms with van der Waals surface area (Å²) in [5, 5.41) is 20.1. The summed E-state index contributed by atoms with van der Waals surface area (Å²) >= 11 is 0. The Morgan fingerprint density at radius 1 is 1.18 bits per heavy atom. The Kier molecular flexibility index (Phi) is 5.87. The molecule has 1 aromatic carbocycles. The van der Waals surface area contributed by atoms with Crippen LogP contribution in [0.2, 0.25) is 0 Å². The molecule has 0 unspecified atom stereocenters. The molecule has 11 heteroatoms. The van der Waals surface area contributed by atoms with Crippen molar-refractivity contribution in [3.05, 3.63) is 68.7 Å². The number of H-pyrrole nitrogens is 1. The lowest BCUT2D eigenvalue weighted by Gasteiger charge is -2.16. The molecule has 1 saturated heterocycles. The predicted octanol–water partition coefficient (Wildman–Crippen LogP) is -0.352. The second kappa shape index (κ2) is 8.33. The Morgan fingerprint density at radius 2 is 1.89 bits per heavy atom. The maximum Gasteiger partial charge on any atom is 0.508 e. The Balaban J connectivity index is 1.58. The fourth-order valence-corrected chi connectivity index (χ4v) is 2.65. The molecule has 0 bridgehead atoms. The molecule has 3 rings (SSSR count). The van der Waals surface area contributed by atoms with Crippen molar-refractivity contribution in [2.24, 2.45) is 0 Å². The number of nitrogens with zero attached hydrogens (tertiary/aromatic N) is 1. The van der Waals surface area contributed by atoms with Crippen molar-refractivity contribution in [2.75, 3.05) is 6.61 Å². The predicted molar refractivity (Wildman–Crippen MR) is 89.8 cm³/mol. The minimum absolute atomic E-state index is 0.0228. The number of aromatic nitrogens is 2. The van der Waals surface area contributed by atoms with Gasteiger partial charge in [-0.25, -0.2) is 9.59 Å². The zero-order valence-electron chi connectivity index (χ0n) is 14.4. The third-order valence-corrected chi connectivity index (χ3v) is 4.10. The normalized spacial score (nSPS) is 24.1. The number of ether oxygens (including phenoxy) is 3. The lowest BCUT2D eigenvalue weighted by molar-refractivity contribution is -0.0651. The second-order valence-corrected chi connectivity index (χ2v) is 6.03. The van der Waals surface area contributed by atoms with Crippen LogP contribution in [0.4, 0.5) is 9.18 Å². The standard InChI is InChI=1S/C17H17FN2O8/c18-10-6-20(16(24)19-14(10)23)15-13(22)12(21)11(28-15)8-27-17(25)26-7-9-4-2-1-3-5-9/h1-6,11-13,15,21-22H,7-8H2,(H,19,23,24)/t11-,12-,13-,15-/m1/s1. The van der Waals surface area contributed by atoms with Gasteiger partial charge in [0.1, 0.15) is 31.5 Å². The summed E-state index contributed by atoms with van der Waals surface area (Å²) < 4.78 is 29.1. The van der Waals surface area contributed by atoms with Crippen LogP contribution in [0.1, 0.15) is 11.8 Å². The fraction of sp³-hybridized carbons (Fsp3) is 0.353. The molecule has 0 saturated carbocycles. The number of hydrogen-bond acceptors (Lipinski definition) is 8. The quantitative estimate of drug-likeness (QED) is 0.583. The molecule has 1 aromatic heterocycles. The molecule has 28 heavy (non-hydrogen) atoms. The first-order valence-corrected chi connectivity index (χ1v) is 8.23. The lowest BCUT2D eigenvalue weighted by atomic mass is 10.1. The molecule has 1 fully saturated rings. The molecule has 3 N–H and O–H groups in total. The second-order valence-electron chi connectivity index (χ2n) is 6.03. The van der Waals surface area contributed by atoms with Crippen molar-refractivity contribution in [1.29, 1.82) is 0 Å². The number of halogens is 1. The minimum atomic E-state index is -1.63. The highest BCUT2D eigenvalue weighted by Crippen LogP contribution is 2.28. The number of hydrogen-bond donors (Lipinski definition) is 3. The van der Waals surface area contributed by atoms with Gasteiger partial charge in [-0.2, -0.15) is 4.39 Å². The summed E-state index contributed by atoms with van der Waals surface area (Å²) in [4.78, 5) is 36.3. The van der Waals surface area contributed by atoms with Crippen LogP contribution in [-0.4, -0.2) is 50.8 Å². The molecule has 1 aliphatic heterocycles. The smallest absolute Gasteiger partial charge is 0.431 e. The van der Waals surface area contributed by atoms with Gasteiger partial charge in [0.05, 0.1) is 6.20 Å².